The van der Waals surface area contributed by atoms with Crippen LogP contribution in [0, 0.1) is 11.3 Å². The van der Waals surface area contributed by atoms with Crippen LogP contribution in [-0.2, 0) is 0 Å². The van der Waals surface area contributed by atoms with Crippen molar-refractivity contribution in [3.63, 3.8) is 0 Å². The number of halogens is 1. The molecule has 1 atom stereocenters. The van der Waals surface area contributed by atoms with Crippen LogP contribution in [0.25, 0.3) is 0 Å². The molecule has 0 nitrogen and oxygen atoms in total. The molecule has 0 amide bonds. The molecule has 0 N–H and O–H groups in total. The van der Waals surface area contributed by atoms with Gasteiger partial charge in [0, 0.05) is 5.38 Å². The lowest BCUT2D eigenvalue weighted by Crippen LogP contribution is -2.21. The minimum absolute atomic E-state index is 0.278. The summed E-state index contributed by atoms with van der Waals surface area (Å²) in [6.45, 7) is 6.71. The Kier molecular flexibility index (Phi) is 4.09. The Labute approximate surface area is 88.1 Å². The Balaban J connectivity index is 2.17. The summed E-state index contributed by atoms with van der Waals surface area (Å²) >= 11 is 6.34. The highest BCUT2D eigenvalue weighted by Crippen LogP contribution is 2.33. The van der Waals surface area contributed by atoms with Gasteiger partial charge in [-0.1, -0.05) is 46.5 Å². The Bertz CT molecular complexity index is 140. The maximum Gasteiger partial charge on any atom is 0.0384 e. The first-order chi connectivity index (χ1) is 6.00. The van der Waals surface area contributed by atoms with Crippen LogP contribution >= 0.6 is 11.6 Å². The summed E-state index contributed by atoms with van der Waals surface area (Å²) in [6.07, 6.45) is 8.36. The molecule has 0 aliphatic heterocycles. The third-order valence-corrected chi connectivity index (χ3v) is 4.12. The average Bonchev–Trinajstić information content (AvgIpc) is 2.50. The topological polar surface area (TPSA) is 0 Å². The van der Waals surface area contributed by atoms with Crippen molar-refractivity contribution in [1.82, 2.24) is 0 Å². The molecule has 1 rings (SSSR count). The van der Waals surface area contributed by atoms with Crippen molar-refractivity contribution >= 4 is 11.6 Å². The minimum Gasteiger partial charge on any atom is -0.122 e. The second-order valence-electron chi connectivity index (χ2n) is 5.56. The number of hydrogen-bond acceptors (Lipinski definition) is 0. The van der Waals surface area contributed by atoms with Crippen LogP contribution in [0.3, 0.4) is 0 Å². The first-order valence-corrected chi connectivity index (χ1v) is 6.08. The fourth-order valence-corrected chi connectivity index (χ4v) is 2.24. The lowest BCUT2D eigenvalue weighted by molar-refractivity contribution is 0.346. The van der Waals surface area contributed by atoms with Gasteiger partial charge < -0.3 is 0 Å². The molecule has 0 aromatic heterocycles. The first kappa shape index (κ1) is 11.4. The van der Waals surface area contributed by atoms with E-state index in [1.807, 2.05) is 0 Å². The van der Waals surface area contributed by atoms with E-state index in [1.54, 1.807) is 0 Å². The number of rotatable bonds is 3. The third kappa shape index (κ3) is 3.89. The Hall–Kier alpha value is 0.290. The molecule has 1 fully saturated rings. The second-order valence-corrected chi connectivity index (χ2v) is 6.09. The predicted octanol–water partition coefficient (Wildman–Crippen LogP) is 4.61. The van der Waals surface area contributed by atoms with E-state index in [-0.39, 0.29) is 5.41 Å². The summed E-state index contributed by atoms with van der Waals surface area (Å²) in [5.41, 5.74) is 0.278. The molecule has 0 heterocycles. The van der Waals surface area contributed by atoms with Gasteiger partial charge in [0.1, 0.15) is 0 Å². The van der Waals surface area contributed by atoms with Crippen LogP contribution in [0.15, 0.2) is 0 Å². The fourth-order valence-electron chi connectivity index (χ4n) is 2.11. The highest BCUT2D eigenvalue weighted by atomic mass is 35.5. The van der Waals surface area contributed by atoms with Crippen molar-refractivity contribution < 1.29 is 0 Å². The number of alkyl halides is 1. The molecule has 1 heteroatoms. The van der Waals surface area contributed by atoms with Crippen molar-refractivity contribution in [3.8, 4) is 0 Å². The largest absolute Gasteiger partial charge is 0.122 e. The second kappa shape index (κ2) is 4.68. The van der Waals surface area contributed by atoms with Crippen molar-refractivity contribution in [3.05, 3.63) is 0 Å². The molecule has 1 aliphatic rings. The molecule has 13 heavy (non-hydrogen) atoms. The van der Waals surface area contributed by atoms with E-state index in [9.17, 15) is 0 Å². The van der Waals surface area contributed by atoms with Crippen molar-refractivity contribution in [2.75, 3.05) is 0 Å². The lowest BCUT2D eigenvalue weighted by atomic mass is 9.87. The fraction of sp³-hybridized carbons (Fsp3) is 1.00. The molecule has 0 spiro atoms. The summed E-state index contributed by atoms with van der Waals surface area (Å²) in [6, 6.07) is 0. The quantitative estimate of drug-likeness (QED) is 0.587. The van der Waals surface area contributed by atoms with Gasteiger partial charge in [0.25, 0.3) is 0 Å². The van der Waals surface area contributed by atoms with Crippen LogP contribution in [0.2, 0.25) is 0 Å². The molecule has 0 bridgehead atoms. The van der Waals surface area contributed by atoms with E-state index in [2.05, 4.69) is 20.8 Å². The zero-order chi connectivity index (χ0) is 9.90. The highest BCUT2D eigenvalue weighted by Gasteiger charge is 2.24. The molecule has 1 saturated carbocycles. The van der Waals surface area contributed by atoms with Gasteiger partial charge in [0.2, 0.25) is 0 Å². The van der Waals surface area contributed by atoms with E-state index in [0.29, 0.717) is 5.38 Å². The molecular weight excluding hydrogens is 180 g/mol. The van der Waals surface area contributed by atoms with Crippen LogP contribution in [0.4, 0.5) is 0 Å². The van der Waals surface area contributed by atoms with Crippen LogP contribution < -0.4 is 0 Å². The summed E-state index contributed by atoms with van der Waals surface area (Å²) in [5.74, 6) is 0.989. The summed E-state index contributed by atoms with van der Waals surface area (Å²) < 4.78 is 0. The van der Waals surface area contributed by atoms with Crippen molar-refractivity contribution in [2.45, 2.75) is 64.7 Å². The van der Waals surface area contributed by atoms with E-state index in [0.717, 1.165) is 5.92 Å². The maximum atomic E-state index is 6.34. The molecular formula is C12H23Cl. The summed E-state index contributed by atoms with van der Waals surface area (Å²) in [4.78, 5) is 0. The van der Waals surface area contributed by atoms with Crippen LogP contribution in [0.1, 0.15) is 59.3 Å². The third-order valence-electron chi connectivity index (χ3n) is 3.24. The van der Waals surface area contributed by atoms with E-state index in [4.69, 9.17) is 11.6 Å². The highest BCUT2D eigenvalue weighted by molar-refractivity contribution is 6.21. The molecule has 1 aliphatic carbocycles. The van der Waals surface area contributed by atoms with E-state index >= 15 is 0 Å². The van der Waals surface area contributed by atoms with Crippen molar-refractivity contribution in [1.29, 1.82) is 0 Å². The molecule has 0 saturated heterocycles. The first-order valence-electron chi connectivity index (χ1n) is 5.64. The Morgan fingerprint density at radius 2 is 1.77 bits per heavy atom. The average molecular weight is 203 g/mol. The van der Waals surface area contributed by atoms with Gasteiger partial charge in [-0.3, -0.25) is 0 Å². The monoisotopic (exact) mass is 202 g/mol. The molecule has 78 valence electrons. The Morgan fingerprint density at radius 1 is 1.23 bits per heavy atom. The van der Waals surface area contributed by atoms with Gasteiger partial charge in [-0.25, -0.2) is 0 Å². The summed E-state index contributed by atoms with van der Waals surface area (Å²) in [7, 11) is 0. The zero-order valence-corrected chi connectivity index (χ0v) is 10.0. The van der Waals surface area contributed by atoms with Gasteiger partial charge in [0.05, 0.1) is 0 Å². The van der Waals surface area contributed by atoms with Crippen LogP contribution in [0.5, 0.6) is 0 Å². The molecule has 0 radical (unpaired) electrons. The summed E-state index contributed by atoms with van der Waals surface area (Å²) in [5, 5.41) is 0.355. The number of hydrogen-bond donors (Lipinski definition) is 0. The molecule has 1 unspecified atom stereocenters. The molecule has 0 aromatic carbocycles. The minimum atomic E-state index is 0.278. The van der Waals surface area contributed by atoms with E-state index in [1.165, 1.54) is 38.5 Å². The van der Waals surface area contributed by atoms with E-state index < -0.39 is 0 Å². The van der Waals surface area contributed by atoms with Gasteiger partial charge >= 0.3 is 0 Å². The smallest absolute Gasteiger partial charge is 0.0384 e. The van der Waals surface area contributed by atoms with Crippen LogP contribution in [-0.4, -0.2) is 5.38 Å². The van der Waals surface area contributed by atoms with Crippen molar-refractivity contribution in [2.24, 2.45) is 11.3 Å². The van der Waals surface area contributed by atoms with Gasteiger partial charge in [-0.05, 0) is 24.2 Å². The van der Waals surface area contributed by atoms with Gasteiger partial charge in [-0.2, -0.15) is 0 Å². The maximum absolute atomic E-state index is 6.34. The zero-order valence-electron chi connectivity index (χ0n) is 9.28. The standard InChI is InChI=1S/C12H23Cl/c1-12(2,3)11(13)9-8-10-6-4-5-7-10/h10-11H,4-9H2,1-3H3. The van der Waals surface area contributed by atoms with Gasteiger partial charge in [0.15, 0.2) is 0 Å². The van der Waals surface area contributed by atoms with Gasteiger partial charge in [-0.15, -0.1) is 11.6 Å². The Morgan fingerprint density at radius 3 is 2.23 bits per heavy atom. The molecule has 0 aromatic rings. The SMILES string of the molecule is CC(C)(C)C(Cl)CCC1CCCC1. The lowest BCUT2D eigenvalue weighted by Gasteiger charge is -2.26. The normalized spacial score (nSPS) is 22.2. The predicted molar refractivity (Wildman–Crippen MR) is 60.3 cm³/mol.